The predicted octanol–water partition coefficient (Wildman–Crippen LogP) is 2.40. The van der Waals surface area contributed by atoms with Crippen molar-refractivity contribution in [2.75, 3.05) is 6.61 Å². The molecule has 0 aromatic heterocycles. The first-order valence-electron chi connectivity index (χ1n) is 6.13. The molecule has 0 saturated heterocycles. The topological polar surface area (TPSA) is 76.1 Å². The molecule has 0 fully saturated rings. The highest BCUT2D eigenvalue weighted by molar-refractivity contribution is 5.96. The van der Waals surface area contributed by atoms with E-state index in [9.17, 15) is 4.79 Å². The van der Waals surface area contributed by atoms with Crippen molar-refractivity contribution >= 4 is 5.91 Å². The van der Waals surface area contributed by atoms with Gasteiger partial charge in [-0.25, -0.2) is 0 Å². The molecule has 0 atom stereocenters. The standard InChI is InChI=1S/C14H18N2O2/c1-3-5-6-18-13-8-10(4-2)11(9-15)7-12(13)14(16)17/h7-8H,3-6H2,1-2H3,(H2,16,17). The van der Waals surface area contributed by atoms with E-state index in [0.29, 0.717) is 24.3 Å². The molecule has 0 spiro atoms. The molecule has 0 saturated carbocycles. The highest BCUT2D eigenvalue weighted by Gasteiger charge is 2.14. The molecule has 18 heavy (non-hydrogen) atoms. The van der Waals surface area contributed by atoms with Crippen LogP contribution in [-0.4, -0.2) is 12.5 Å². The molecule has 1 rings (SSSR count). The highest BCUT2D eigenvalue weighted by atomic mass is 16.5. The lowest BCUT2D eigenvalue weighted by Gasteiger charge is -2.12. The fraction of sp³-hybridized carbons (Fsp3) is 0.429. The van der Waals surface area contributed by atoms with E-state index in [2.05, 4.69) is 13.0 Å². The zero-order valence-corrected chi connectivity index (χ0v) is 10.8. The molecule has 4 nitrogen and oxygen atoms in total. The first-order chi connectivity index (χ1) is 8.63. The van der Waals surface area contributed by atoms with E-state index in [1.165, 1.54) is 6.07 Å². The van der Waals surface area contributed by atoms with Crippen LogP contribution in [-0.2, 0) is 6.42 Å². The monoisotopic (exact) mass is 246 g/mol. The summed E-state index contributed by atoms with van der Waals surface area (Å²) in [5.74, 6) is -0.0903. The summed E-state index contributed by atoms with van der Waals surface area (Å²) in [6.45, 7) is 4.57. The Hall–Kier alpha value is -2.02. The molecule has 1 aromatic rings. The van der Waals surface area contributed by atoms with Crippen LogP contribution in [0.2, 0.25) is 0 Å². The zero-order chi connectivity index (χ0) is 13.5. The van der Waals surface area contributed by atoms with E-state index in [4.69, 9.17) is 15.7 Å². The lowest BCUT2D eigenvalue weighted by molar-refractivity contribution is 0.0996. The van der Waals surface area contributed by atoms with Crippen molar-refractivity contribution in [2.45, 2.75) is 33.1 Å². The van der Waals surface area contributed by atoms with Gasteiger partial charge >= 0.3 is 0 Å². The molecule has 0 radical (unpaired) electrons. The Morgan fingerprint density at radius 3 is 2.67 bits per heavy atom. The summed E-state index contributed by atoms with van der Waals surface area (Å²) in [7, 11) is 0. The van der Waals surface area contributed by atoms with Gasteiger partial charge in [0.25, 0.3) is 5.91 Å². The third kappa shape index (κ3) is 3.24. The average Bonchev–Trinajstić information content (AvgIpc) is 2.38. The molecule has 0 unspecified atom stereocenters. The van der Waals surface area contributed by atoms with Crippen molar-refractivity contribution in [1.82, 2.24) is 0 Å². The Balaban J connectivity index is 3.13. The number of rotatable bonds is 6. The first kappa shape index (κ1) is 14.0. The van der Waals surface area contributed by atoms with E-state index in [1.54, 1.807) is 6.07 Å². The molecule has 0 aliphatic rings. The third-order valence-corrected chi connectivity index (χ3v) is 2.73. The van der Waals surface area contributed by atoms with Crippen LogP contribution in [0.5, 0.6) is 5.75 Å². The minimum Gasteiger partial charge on any atom is -0.493 e. The lowest BCUT2D eigenvalue weighted by Crippen LogP contribution is -2.14. The number of amides is 1. The van der Waals surface area contributed by atoms with Crippen molar-refractivity contribution in [3.8, 4) is 11.8 Å². The predicted molar refractivity (Wildman–Crippen MR) is 69.5 cm³/mol. The molecule has 2 N–H and O–H groups in total. The number of aryl methyl sites for hydroxylation is 1. The van der Waals surface area contributed by atoms with Gasteiger partial charge in [0.05, 0.1) is 23.8 Å². The van der Waals surface area contributed by atoms with Crippen LogP contribution in [0.1, 0.15) is 48.2 Å². The van der Waals surface area contributed by atoms with E-state index in [0.717, 1.165) is 18.4 Å². The molecule has 4 heteroatoms. The third-order valence-electron chi connectivity index (χ3n) is 2.73. The summed E-state index contributed by atoms with van der Waals surface area (Å²) in [5, 5.41) is 9.02. The summed E-state index contributed by atoms with van der Waals surface area (Å²) in [6.07, 6.45) is 2.65. The Bertz CT molecular complexity index is 475. The molecular weight excluding hydrogens is 228 g/mol. The van der Waals surface area contributed by atoms with Crippen LogP contribution in [0, 0.1) is 11.3 Å². The lowest BCUT2D eigenvalue weighted by atomic mass is 10.0. The van der Waals surface area contributed by atoms with Crippen LogP contribution in [0.3, 0.4) is 0 Å². The Morgan fingerprint density at radius 2 is 2.17 bits per heavy atom. The van der Waals surface area contributed by atoms with E-state index in [1.807, 2.05) is 6.92 Å². The van der Waals surface area contributed by atoms with Crippen LogP contribution in [0.15, 0.2) is 12.1 Å². The van der Waals surface area contributed by atoms with Gasteiger partial charge in [-0.3, -0.25) is 4.79 Å². The molecule has 0 aliphatic carbocycles. The maximum atomic E-state index is 11.4. The van der Waals surface area contributed by atoms with Crippen molar-refractivity contribution in [1.29, 1.82) is 5.26 Å². The van der Waals surface area contributed by atoms with E-state index >= 15 is 0 Å². The fourth-order valence-corrected chi connectivity index (χ4v) is 1.66. The quantitative estimate of drug-likeness (QED) is 0.783. The van der Waals surface area contributed by atoms with Gasteiger partial charge in [-0.05, 0) is 30.5 Å². The number of hydrogen-bond acceptors (Lipinski definition) is 3. The molecule has 0 heterocycles. The van der Waals surface area contributed by atoms with Gasteiger partial charge in [-0.2, -0.15) is 5.26 Å². The number of hydrogen-bond donors (Lipinski definition) is 1. The normalized spacial score (nSPS) is 9.83. The van der Waals surface area contributed by atoms with Crippen molar-refractivity contribution in [3.63, 3.8) is 0 Å². The number of nitrogens with zero attached hydrogens (tertiary/aromatic N) is 1. The van der Waals surface area contributed by atoms with E-state index in [-0.39, 0.29) is 5.56 Å². The van der Waals surface area contributed by atoms with Crippen molar-refractivity contribution in [2.24, 2.45) is 5.73 Å². The summed E-state index contributed by atoms with van der Waals surface area (Å²) in [6, 6.07) is 5.33. The molecular formula is C14H18N2O2. The number of nitriles is 1. The zero-order valence-electron chi connectivity index (χ0n) is 10.8. The van der Waals surface area contributed by atoms with Gasteiger partial charge in [-0.15, -0.1) is 0 Å². The maximum Gasteiger partial charge on any atom is 0.252 e. The fourth-order valence-electron chi connectivity index (χ4n) is 1.66. The van der Waals surface area contributed by atoms with Crippen molar-refractivity contribution in [3.05, 3.63) is 28.8 Å². The second kappa shape index (κ2) is 6.65. The smallest absolute Gasteiger partial charge is 0.252 e. The molecule has 1 aromatic carbocycles. The number of ether oxygens (including phenoxy) is 1. The van der Waals surface area contributed by atoms with Crippen LogP contribution in [0.25, 0.3) is 0 Å². The van der Waals surface area contributed by atoms with E-state index < -0.39 is 5.91 Å². The Labute approximate surface area is 107 Å². The first-order valence-corrected chi connectivity index (χ1v) is 6.13. The SMILES string of the molecule is CCCCOc1cc(CC)c(C#N)cc1C(N)=O. The van der Waals surface area contributed by atoms with Crippen LogP contribution >= 0.6 is 0 Å². The number of primary amides is 1. The largest absolute Gasteiger partial charge is 0.493 e. The molecule has 96 valence electrons. The van der Waals surface area contributed by atoms with Crippen LogP contribution in [0.4, 0.5) is 0 Å². The molecule has 0 aliphatic heterocycles. The number of nitrogens with two attached hydrogens (primary N) is 1. The highest BCUT2D eigenvalue weighted by Crippen LogP contribution is 2.24. The summed E-state index contributed by atoms with van der Waals surface area (Å²) >= 11 is 0. The molecule has 1 amide bonds. The van der Waals surface area contributed by atoms with Gasteiger partial charge in [0.1, 0.15) is 5.75 Å². The van der Waals surface area contributed by atoms with Crippen molar-refractivity contribution < 1.29 is 9.53 Å². The van der Waals surface area contributed by atoms with Crippen LogP contribution < -0.4 is 10.5 Å². The van der Waals surface area contributed by atoms with Gasteiger partial charge in [0, 0.05) is 0 Å². The average molecular weight is 246 g/mol. The number of carbonyl (C=O) groups excluding carboxylic acids is 1. The number of carbonyl (C=O) groups is 1. The summed E-state index contributed by atoms with van der Waals surface area (Å²) in [4.78, 5) is 11.4. The second-order valence-corrected chi connectivity index (χ2v) is 4.04. The molecule has 0 bridgehead atoms. The second-order valence-electron chi connectivity index (χ2n) is 4.04. The van der Waals surface area contributed by atoms with Gasteiger partial charge < -0.3 is 10.5 Å². The minimum absolute atomic E-state index is 0.278. The Morgan fingerprint density at radius 1 is 1.44 bits per heavy atom. The Kier molecular flexibility index (Phi) is 5.19. The summed E-state index contributed by atoms with van der Waals surface area (Å²) in [5.41, 5.74) is 6.93. The minimum atomic E-state index is -0.569. The number of benzene rings is 1. The number of unbranched alkanes of at least 4 members (excludes halogenated alkanes) is 1. The maximum absolute atomic E-state index is 11.4. The summed E-state index contributed by atoms with van der Waals surface area (Å²) < 4.78 is 5.57. The van der Waals surface area contributed by atoms with Gasteiger partial charge in [0.2, 0.25) is 0 Å². The van der Waals surface area contributed by atoms with Gasteiger partial charge in [-0.1, -0.05) is 20.3 Å². The van der Waals surface area contributed by atoms with Gasteiger partial charge in [0.15, 0.2) is 0 Å².